The Hall–Kier alpha value is -1.63. The van der Waals surface area contributed by atoms with E-state index in [9.17, 15) is 4.79 Å². The smallest absolute Gasteiger partial charge is 0.272 e. The zero-order valence-corrected chi connectivity index (χ0v) is 13.8. The van der Waals surface area contributed by atoms with Gasteiger partial charge in [0.15, 0.2) is 0 Å². The lowest BCUT2D eigenvalue weighted by atomic mass is 10.2. The Labute approximate surface area is 141 Å². The average Bonchev–Trinajstić information content (AvgIpc) is 3.18. The van der Waals surface area contributed by atoms with Gasteiger partial charge in [-0.1, -0.05) is 0 Å². The second-order valence-electron chi connectivity index (χ2n) is 4.91. The number of halogens is 2. The molecule has 0 aliphatic carbocycles. The van der Waals surface area contributed by atoms with E-state index in [4.69, 9.17) is 0 Å². The van der Waals surface area contributed by atoms with Crippen LogP contribution in [-0.2, 0) is 0 Å². The molecule has 6 nitrogen and oxygen atoms in total. The van der Waals surface area contributed by atoms with Gasteiger partial charge in [0.2, 0.25) is 0 Å². The molecule has 1 N–H and O–H groups in total. The van der Waals surface area contributed by atoms with Crippen LogP contribution in [0.25, 0.3) is 5.69 Å². The van der Waals surface area contributed by atoms with Gasteiger partial charge in [-0.15, -0.1) is 24.8 Å². The van der Waals surface area contributed by atoms with Crippen molar-refractivity contribution in [2.75, 3.05) is 20.1 Å². The van der Waals surface area contributed by atoms with Gasteiger partial charge >= 0.3 is 0 Å². The molecular formula is C14H19Cl2N5O. The zero-order valence-electron chi connectivity index (χ0n) is 12.2. The Morgan fingerprint density at radius 1 is 1.41 bits per heavy atom. The van der Waals surface area contributed by atoms with E-state index in [1.807, 2.05) is 25.4 Å². The van der Waals surface area contributed by atoms with E-state index in [-0.39, 0.29) is 36.8 Å². The summed E-state index contributed by atoms with van der Waals surface area (Å²) in [5.41, 5.74) is 1.29. The van der Waals surface area contributed by atoms with Crippen LogP contribution in [0.5, 0.6) is 0 Å². The summed E-state index contributed by atoms with van der Waals surface area (Å²) in [6, 6.07) is 5.70. The number of amides is 1. The first-order valence-corrected chi connectivity index (χ1v) is 6.69. The summed E-state index contributed by atoms with van der Waals surface area (Å²) in [4.78, 5) is 18.4. The van der Waals surface area contributed by atoms with Gasteiger partial charge in [0.1, 0.15) is 5.69 Å². The van der Waals surface area contributed by atoms with Gasteiger partial charge in [0.25, 0.3) is 5.91 Å². The molecule has 1 aliphatic rings. The number of hydrogen-bond acceptors (Lipinski definition) is 4. The fourth-order valence-electron chi connectivity index (χ4n) is 2.42. The predicted molar refractivity (Wildman–Crippen MR) is 89.2 cm³/mol. The Morgan fingerprint density at radius 3 is 2.86 bits per heavy atom. The maximum Gasteiger partial charge on any atom is 0.272 e. The van der Waals surface area contributed by atoms with E-state index in [0.29, 0.717) is 5.69 Å². The van der Waals surface area contributed by atoms with Crippen molar-refractivity contribution >= 4 is 30.7 Å². The normalized spacial score (nSPS) is 16.5. The predicted octanol–water partition coefficient (Wildman–Crippen LogP) is 1.54. The van der Waals surface area contributed by atoms with Gasteiger partial charge in [-0.05, 0) is 31.2 Å². The van der Waals surface area contributed by atoms with Crippen LogP contribution in [0, 0.1) is 0 Å². The van der Waals surface area contributed by atoms with Crippen molar-refractivity contribution in [3.05, 3.63) is 42.5 Å². The first kappa shape index (κ1) is 18.4. The molecule has 22 heavy (non-hydrogen) atoms. The standard InChI is InChI=1S/C14H17N5O.2ClH/c1-18(12-3-6-15-10-12)14(20)13-9-11(4-7-16-13)19-8-2-5-17-19;;/h2,4-5,7-9,12,15H,3,6,10H2,1H3;2*1H. The fraction of sp³-hybridized carbons (Fsp3) is 0.357. The maximum absolute atomic E-state index is 12.5. The van der Waals surface area contributed by atoms with Crippen LogP contribution in [0.4, 0.5) is 0 Å². The topological polar surface area (TPSA) is 63.1 Å². The average molecular weight is 344 g/mol. The molecular weight excluding hydrogens is 325 g/mol. The van der Waals surface area contributed by atoms with E-state index in [1.165, 1.54) is 0 Å². The van der Waals surface area contributed by atoms with Crippen molar-refractivity contribution in [2.24, 2.45) is 0 Å². The summed E-state index contributed by atoms with van der Waals surface area (Å²) in [6.45, 7) is 1.81. The number of rotatable bonds is 3. The number of carbonyl (C=O) groups excluding carboxylic acids is 1. The van der Waals surface area contributed by atoms with E-state index >= 15 is 0 Å². The Balaban J connectivity index is 0.00000121. The number of aromatic nitrogens is 3. The fourth-order valence-corrected chi connectivity index (χ4v) is 2.42. The molecule has 1 amide bonds. The van der Waals surface area contributed by atoms with Gasteiger partial charge in [-0.25, -0.2) is 4.68 Å². The van der Waals surface area contributed by atoms with Gasteiger partial charge in [0, 0.05) is 38.2 Å². The first-order valence-electron chi connectivity index (χ1n) is 6.69. The molecule has 1 saturated heterocycles. The summed E-state index contributed by atoms with van der Waals surface area (Å²) in [6.07, 6.45) is 6.18. The minimum absolute atomic E-state index is 0. The minimum atomic E-state index is -0.0484. The third kappa shape index (κ3) is 3.76. The highest BCUT2D eigenvalue weighted by Crippen LogP contribution is 2.12. The monoisotopic (exact) mass is 343 g/mol. The lowest BCUT2D eigenvalue weighted by Crippen LogP contribution is -2.38. The summed E-state index contributed by atoms with van der Waals surface area (Å²) >= 11 is 0. The Bertz CT molecular complexity index is 599. The summed E-state index contributed by atoms with van der Waals surface area (Å²) in [5.74, 6) is -0.0484. The zero-order chi connectivity index (χ0) is 13.9. The van der Waals surface area contributed by atoms with Crippen molar-refractivity contribution in [1.82, 2.24) is 25.0 Å². The van der Waals surface area contributed by atoms with E-state index in [1.54, 1.807) is 28.0 Å². The lowest BCUT2D eigenvalue weighted by molar-refractivity contribution is 0.0738. The largest absolute Gasteiger partial charge is 0.336 e. The van der Waals surface area contributed by atoms with Crippen LogP contribution in [0.2, 0.25) is 0 Å². The molecule has 0 spiro atoms. The third-order valence-electron chi connectivity index (χ3n) is 3.63. The first-order chi connectivity index (χ1) is 9.75. The van der Waals surface area contributed by atoms with Crippen molar-refractivity contribution < 1.29 is 4.79 Å². The van der Waals surface area contributed by atoms with Crippen LogP contribution in [0.3, 0.4) is 0 Å². The molecule has 120 valence electrons. The summed E-state index contributed by atoms with van der Waals surface area (Å²) in [5, 5.41) is 7.43. The Morgan fingerprint density at radius 2 is 2.23 bits per heavy atom. The Kier molecular flexibility index (Phi) is 6.80. The second kappa shape index (κ2) is 8.12. The maximum atomic E-state index is 12.5. The highest BCUT2D eigenvalue weighted by molar-refractivity contribution is 5.92. The molecule has 2 aromatic heterocycles. The molecule has 0 radical (unpaired) electrons. The van der Waals surface area contributed by atoms with Crippen molar-refractivity contribution in [2.45, 2.75) is 12.5 Å². The number of pyridine rings is 1. The molecule has 1 aliphatic heterocycles. The van der Waals surface area contributed by atoms with E-state index in [0.717, 1.165) is 25.2 Å². The SMILES string of the molecule is CN(C(=O)c1cc(-n2cccn2)ccn1)C1CCNC1.Cl.Cl. The number of carbonyl (C=O) groups is 1. The van der Waals surface area contributed by atoms with Crippen LogP contribution in [-0.4, -0.2) is 51.8 Å². The second-order valence-corrected chi connectivity index (χ2v) is 4.91. The third-order valence-corrected chi connectivity index (χ3v) is 3.63. The summed E-state index contributed by atoms with van der Waals surface area (Å²) < 4.78 is 1.72. The molecule has 0 aromatic carbocycles. The number of likely N-dealkylation sites (N-methyl/N-ethyl adjacent to an activating group) is 1. The van der Waals surface area contributed by atoms with Crippen LogP contribution in [0.15, 0.2) is 36.8 Å². The van der Waals surface area contributed by atoms with Gasteiger partial charge < -0.3 is 10.2 Å². The van der Waals surface area contributed by atoms with Gasteiger partial charge in [-0.2, -0.15) is 5.10 Å². The van der Waals surface area contributed by atoms with E-state index < -0.39 is 0 Å². The number of hydrogen-bond donors (Lipinski definition) is 1. The van der Waals surface area contributed by atoms with Crippen molar-refractivity contribution in [1.29, 1.82) is 0 Å². The molecule has 1 unspecified atom stereocenters. The lowest BCUT2D eigenvalue weighted by Gasteiger charge is -2.23. The molecule has 0 bridgehead atoms. The van der Waals surface area contributed by atoms with Crippen molar-refractivity contribution in [3.8, 4) is 5.69 Å². The highest BCUT2D eigenvalue weighted by Gasteiger charge is 2.24. The summed E-state index contributed by atoms with van der Waals surface area (Å²) in [7, 11) is 1.84. The van der Waals surface area contributed by atoms with Crippen LogP contribution >= 0.6 is 24.8 Å². The van der Waals surface area contributed by atoms with Crippen molar-refractivity contribution in [3.63, 3.8) is 0 Å². The minimum Gasteiger partial charge on any atom is -0.336 e. The molecule has 0 saturated carbocycles. The molecule has 3 heterocycles. The number of nitrogens with one attached hydrogen (secondary N) is 1. The molecule has 8 heteroatoms. The quantitative estimate of drug-likeness (QED) is 0.918. The molecule has 1 fully saturated rings. The van der Waals surface area contributed by atoms with Crippen LogP contribution < -0.4 is 5.32 Å². The molecule has 3 rings (SSSR count). The van der Waals surface area contributed by atoms with Crippen LogP contribution in [0.1, 0.15) is 16.9 Å². The highest BCUT2D eigenvalue weighted by atomic mass is 35.5. The molecule has 2 aromatic rings. The van der Waals surface area contributed by atoms with E-state index in [2.05, 4.69) is 15.4 Å². The number of nitrogens with zero attached hydrogens (tertiary/aromatic N) is 4. The molecule has 1 atom stereocenters. The van der Waals surface area contributed by atoms with Gasteiger partial charge in [0.05, 0.1) is 5.69 Å². The van der Waals surface area contributed by atoms with Gasteiger partial charge in [-0.3, -0.25) is 9.78 Å².